The fourth-order valence-corrected chi connectivity index (χ4v) is 7.11. The molecule has 7 nitrogen and oxygen atoms in total. The molecule has 3 fully saturated rings. The number of hydrogen-bond donors (Lipinski definition) is 2. The topological polar surface area (TPSA) is 91.4 Å². The first kappa shape index (κ1) is 32.6. The maximum atomic E-state index is 11.8. The van der Waals surface area contributed by atoms with Crippen molar-refractivity contribution >= 4 is 23.5 Å². The van der Waals surface area contributed by atoms with Crippen molar-refractivity contribution in [2.75, 3.05) is 33.2 Å². The van der Waals surface area contributed by atoms with Gasteiger partial charge in [-0.1, -0.05) is 97.2 Å². The third-order valence-electron chi connectivity index (χ3n) is 9.48. The van der Waals surface area contributed by atoms with Gasteiger partial charge in [0.2, 0.25) is 0 Å². The molecule has 2 aliphatic heterocycles. The van der Waals surface area contributed by atoms with Crippen molar-refractivity contribution in [3.63, 3.8) is 0 Å². The van der Waals surface area contributed by atoms with E-state index in [2.05, 4.69) is 106 Å². The number of nitrogens with zero attached hydrogens (tertiary/aromatic N) is 3. The summed E-state index contributed by atoms with van der Waals surface area (Å²) < 4.78 is 0. The van der Waals surface area contributed by atoms with Gasteiger partial charge in [0.15, 0.2) is 0 Å². The fourth-order valence-electron chi connectivity index (χ4n) is 7.11. The van der Waals surface area contributed by atoms with Crippen LogP contribution in [0, 0.1) is 11.8 Å². The highest BCUT2D eigenvalue weighted by atomic mass is 16.7. The number of nitrogens with two attached hydrogens (primary N) is 1. The fraction of sp³-hybridized carbons (Fsp3) is 0.500. The molecule has 0 spiro atoms. The van der Waals surface area contributed by atoms with Crippen LogP contribution < -0.4 is 5.90 Å². The molecule has 3 aliphatic rings. The molecule has 3 aromatic carbocycles. The zero-order chi connectivity index (χ0) is 30.4. The van der Waals surface area contributed by atoms with Crippen LogP contribution in [0.25, 0.3) is 10.8 Å². The van der Waals surface area contributed by atoms with E-state index in [1.807, 2.05) is 6.07 Å². The van der Waals surface area contributed by atoms with Gasteiger partial charge in [-0.25, -0.2) is 0 Å². The lowest BCUT2D eigenvalue weighted by Gasteiger charge is -2.33. The average Bonchev–Trinajstić information content (AvgIpc) is 3.53. The van der Waals surface area contributed by atoms with Crippen molar-refractivity contribution in [1.82, 2.24) is 9.80 Å². The maximum absolute atomic E-state index is 11.8. The highest BCUT2D eigenvalue weighted by Crippen LogP contribution is 2.34. The van der Waals surface area contributed by atoms with Crippen LogP contribution in [0.3, 0.4) is 0 Å². The van der Waals surface area contributed by atoms with E-state index in [0.29, 0.717) is 11.8 Å². The Bertz CT molecular complexity index is 1260. The third-order valence-corrected chi connectivity index (χ3v) is 9.48. The first-order chi connectivity index (χ1) is 21.0. The van der Waals surface area contributed by atoms with Crippen molar-refractivity contribution in [3.8, 4) is 0 Å². The summed E-state index contributed by atoms with van der Waals surface area (Å²) in [5.41, 5.74) is 2.86. The van der Waals surface area contributed by atoms with E-state index in [-0.39, 0.29) is 6.04 Å². The van der Waals surface area contributed by atoms with Gasteiger partial charge in [-0.2, -0.15) is 0 Å². The Morgan fingerprint density at radius 3 is 2.23 bits per heavy atom. The number of rotatable bonds is 7. The Morgan fingerprint density at radius 1 is 0.930 bits per heavy atom. The first-order valence-corrected chi connectivity index (χ1v) is 16.0. The summed E-state index contributed by atoms with van der Waals surface area (Å²) in [5.74, 6) is 5.41. The number of benzene rings is 3. The molecule has 1 aliphatic carbocycles. The van der Waals surface area contributed by atoms with Crippen LogP contribution in [-0.4, -0.2) is 66.9 Å². The Hall–Kier alpha value is -3.26. The van der Waals surface area contributed by atoms with Gasteiger partial charge in [-0.3, -0.25) is 9.69 Å². The molecule has 3 aromatic rings. The lowest BCUT2D eigenvalue weighted by Crippen LogP contribution is -2.45. The number of carboxylic acid groups (broad SMARTS) is 1. The van der Waals surface area contributed by atoms with Crippen LogP contribution in [-0.2, 0) is 16.2 Å². The summed E-state index contributed by atoms with van der Waals surface area (Å²) >= 11 is 0. The Balaban J connectivity index is 0.000000177. The molecule has 1 unspecified atom stereocenters. The molecule has 232 valence electrons. The van der Waals surface area contributed by atoms with Gasteiger partial charge in [0, 0.05) is 13.3 Å². The standard InChI is InChI=1S/C18H25NO2.C17H21N.CH4N2O/c20-18(21)17(15-9-5-2-6-10-15)19-12-11-16(13-19)14-7-3-1-4-8-14;1-18-10-8-14(9-11-18)12-15-6-7-16-4-2-3-5-17(16)13-15;1-3-4-2/h1,3-4,7-8,15-17H,2,5-6,9-13H2,(H,20,21);2-7,13-14H,8-12H2,1H3;1-2H2/t16-,17?;;/m1../s1. The van der Waals surface area contributed by atoms with Gasteiger partial charge in [0.1, 0.15) is 6.04 Å². The van der Waals surface area contributed by atoms with E-state index in [9.17, 15) is 9.90 Å². The number of aliphatic carboxylic acids is 1. The summed E-state index contributed by atoms with van der Waals surface area (Å²) in [5, 5.41) is 15.2. The van der Waals surface area contributed by atoms with Crippen molar-refractivity contribution < 1.29 is 14.8 Å². The minimum absolute atomic E-state index is 0.265. The molecular formula is C36H50N4O3. The van der Waals surface area contributed by atoms with Crippen LogP contribution in [0.5, 0.6) is 0 Å². The zero-order valence-corrected chi connectivity index (χ0v) is 25.8. The molecule has 7 heteroatoms. The highest BCUT2D eigenvalue weighted by molar-refractivity contribution is 5.83. The number of oxime groups is 1. The number of hydrogen-bond acceptors (Lipinski definition) is 6. The minimum atomic E-state index is -0.615. The van der Waals surface area contributed by atoms with E-state index in [0.717, 1.165) is 38.3 Å². The van der Waals surface area contributed by atoms with Gasteiger partial charge < -0.3 is 14.9 Å². The molecule has 0 bridgehead atoms. The monoisotopic (exact) mass is 586 g/mol. The molecular weight excluding hydrogens is 536 g/mol. The third kappa shape index (κ3) is 9.88. The van der Waals surface area contributed by atoms with Crippen LogP contribution in [0.15, 0.2) is 78.0 Å². The van der Waals surface area contributed by atoms with Gasteiger partial charge in [0.05, 0.1) is 0 Å². The zero-order valence-electron chi connectivity index (χ0n) is 25.8. The number of piperidine rings is 1. The number of likely N-dealkylation sites (tertiary alicyclic amines) is 2. The maximum Gasteiger partial charge on any atom is 0.321 e. The lowest BCUT2D eigenvalue weighted by molar-refractivity contribution is -0.145. The summed E-state index contributed by atoms with van der Waals surface area (Å²) in [4.78, 5) is 20.0. The number of carboxylic acids is 1. The molecule has 2 heterocycles. The normalized spacial score (nSPS) is 20.7. The smallest absolute Gasteiger partial charge is 0.321 e. The Kier molecular flexibility index (Phi) is 13.0. The SMILES string of the molecule is C=NON.CN1CCC(Cc2ccc3ccccc3c2)CC1.O=C(O)C(C1CCCCC1)N1CC[C@@H](c2ccccc2)C1. The number of carbonyl (C=O) groups is 1. The van der Waals surface area contributed by atoms with Gasteiger partial charge in [-0.15, -0.1) is 5.90 Å². The summed E-state index contributed by atoms with van der Waals surface area (Å²) in [6.07, 6.45) is 10.9. The van der Waals surface area contributed by atoms with Crippen LogP contribution in [0.1, 0.15) is 68.4 Å². The summed E-state index contributed by atoms with van der Waals surface area (Å²) in [7, 11) is 2.23. The van der Waals surface area contributed by atoms with Gasteiger partial charge in [0.25, 0.3) is 0 Å². The first-order valence-electron chi connectivity index (χ1n) is 16.0. The molecule has 0 aromatic heterocycles. The van der Waals surface area contributed by atoms with Crippen molar-refractivity contribution in [2.45, 2.75) is 69.7 Å². The van der Waals surface area contributed by atoms with E-state index in [1.54, 1.807) is 0 Å². The second kappa shape index (κ2) is 17.1. The van der Waals surface area contributed by atoms with Crippen molar-refractivity contribution in [1.29, 1.82) is 0 Å². The second-order valence-electron chi connectivity index (χ2n) is 12.4. The Morgan fingerprint density at radius 2 is 1.58 bits per heavy atom. The predicted molar refractivity (Wildman–Crippen MR) is 176 cm³/mol. The summed E-state index contributed by atoms with van der Waals surface area (Å²) in [6.45, 7) is 7.23. The van der Waals surface area contributed by atoms with Crippen LogP contribution >= 0.6 is 0 Å². The minimum Gasteiger partial charge on any atom is -0.480 e. The summed E-state index contributed by atoms with van der Waals surface area (Å²) in [6, 6.07) is 25.9. The Labute approximate surface area is 257 Å². The molecule has 0 radical (unpaired) electrons. The molecule has 3 N–H and O–H groups in total. The molecule has 1 saturated carbocycles. The van der Waals surface area contributed by atoms with E-state index >= 15 is 0 Å². The van der Waals surface area contributed by atoms with Crippen molar-refractivity contribution in [3.05, 3.63) is 83.9 Å². The average molecular weight is 587 g/mol. The number of fused-ring (bicyclic) bond motifs is 1. The van der Waals surface area contributed by atoms with E-state index in [4.69, 9.17) is 0 Å². The highest BCUT2D eigenvalue weighted by Gasteiger charge is 2.38. The van der Waals surface area contributed by atoms with Crippen molar-refractivity contribution in [2.24, 2.45) is 22.9 Å². The predicted octanol–water partition coefficient (Wildman–Crippen LogP) is 6.73. The van der Waals surface area contributed by atoms with E-state index in [1.165, 1.54) is 73.5 Å². The quantitative estimate of drug-likeness (QED) is 0.236. The second-order valence-corrected chi connectivity index (χ2v) is 12.4. The molecule has 0 amide bonds. The molecule has 2 saturated heterocycles. The van der Waals surface area contributed by atoms with Crippen LogP contribution in [0.4, 0.5) is 0 Å². The largest absolute Gasteiger partial charge is 0.480 e. The van der Waals surface area contributed by atoms with Crippen LogP contribution in [0.2, 0.25) is 0 Å². The molecule has 6 rings (SSSR count). The molecule has 43 heavy (non-hydrogen) atoms. The van der Waals surface area contributed by atoms with Gasteiger partial charge in [-0.05, 0) is 105 Å². The van der Waals surface area contributed by atoms with Gasteiger partial charge >= 0.3 is 5.97 Å². The lowest BCUT2D eigenvalue weighted by atomic mass is 9.83. The molecule has 2 atom stereocenters. The van der Waals surface area contributed by atoms with E-state index < -0.39 is 5.97 Å².